The number of nitrogens with zero attached hydrogens (tertiary/aromatic N) is 1. The second-order valence-electron chi connectivity index (χ2n) is 6.40. The molecule has 3 fully saturated rings. The zero-order valence-corrected chi connectivity index (χ0v) is 11.1. The molecule has 0 aromatic carbocycles. The molecular weight excluding hydrogens is 210 g/mol. The summed E-state index contributed by atoms with van der Waals surface area (Å²) in [6, 6.07) is 2.43. The molecule has 17 heavy (non-hydrogen) atoms. The van der Waals surface area contributed by atoms with Crippen molar-refractivity contribution in [1.29, 1.82) is 0 Å². The van der Waals surface area contributed by atoms with Gasteiger partial charge in [-0.1, -0.05) is 6.92 Å². The van der Waals surface area contributed by atoms with E-state index in [2.05, 4.69) is 22.5 Å². The average Bonchev–Trinajstić information content (AvgIpc) is 3.07. The second-order valence-corrected chi connectivity index (χ2v) is 6.40. The summed E-state index contributed by atoms with van der Waals surface area (Å²) in [7, 11) is 0. The molecular formula is C14H27N3. The van der Waals surface area contributed by atoms with Crippen molar-refractivity contribution in [3.8, 4) is 0 Å². The minimum absolute atomic E-state index is 0.716. The summed E-state index contributed by atoms with van der Waals surface area (Å²) in [4.78, 5) is 2.69. The Labute approximate surface area is 105 Å². The van der Waals surface area contributed by atoms with Crippen molar-refractivity contribution in [3.05, 3.63) is 0 Å². The molecule has 1 saturated carbocycles. The number of hydrogen-bond donors (Lipinski definition) is 2. The van der Waals surface area contributed by atoms with Gasteiger partial charge in [0.2, 0.25) is 0 Å². The van der Waals surface area contributed by atoms with Crippen molar-refractivity contribution >= 4 is 0 Å². The summed E-state index contributed by atoms with van der Waals surface area (Å²) in [6.45, 7) is 7.40. The van der Waals surface area contributed by atoms with E-state index in [9.17, 15) is 0 Å². The maximum Gasteiger partial charge on any atom is 0.0207 e. The van der Waals surface area contributed by atoms with E-state index in [4.69, 9.17) is 0 Å². The van der Waals surface area contributed by atoms with E-state index in [0.29, 0.717) is 6.04 Å². The maximum atomic E-state index is 3.78. The van der Waals surface area contributed by atoms with Gasteiger partial charge in [-0.25, -0.2) is 0 Å². The van der Waals surface area contributed by atoms with Gasteiger partial charge in [0.15, 0.2) is 0 Å². The van der Waals surface area contributed by atoms with E-state index in [0.717, 1.165) is 18.0 Å². The van der Waals surface area contributed by atoms with Gasteiger partial charge in [0.1, 0.15) is 0 Å². The Morgan fingerprint density at radius 1 is 1.24 bits per heavy atom. The minimum Gasteiger partial charge on any atom is -0.313 e. The third-order valence-electron chi connectivity index (χ3n) is 4.69. The molecule has 3 atom stereocenters. The molecule has 3 unspecified atom stereocenters. The lowest BCUT2D eigenvalue weighted by atomic mass is 9.94. The first-order valence-corrected chi connectivity index (χ1v) is 7.52. The van der Waals surface area contributed by atoms with Crippen LogP contribution in [-0.2, 0) is 0 Å². The summed E-state index contributed by atoms with van der Waals surface area (Å²) >= 11 is 0. The van der Waals surface area contributed by atoms with Crippen molar-refractivity contribution in [2.24, 2.45) is 5.92 Å². The molecule has 0 aromatic heterocycles. The third kappa shape index (κ3) is 3.21. The van der Waals surface area contributed by atoms with Gasteiger partial charge in [0, 0.05) is 37.8 Å². The van der Waals surface area contributed by atoms with Crippen LogP contribution in [0.15, 0.2) is 0 Å². The largest absolute Gasteiger partial charge is 0.313 e. The van der Waals surface area contributed by atoms with E-state index in [1.54, 1.807) is 0 Å². The van der Waals surface area contributed by atoms with Gasteiger partial charge in [0.05, 0.1) is 0 Å². The van der Waals surface area contributed by atoms with Crippen molar-refractivity contribution in [3.63, 3.8) is 0 Å². The Morgan fingerprint density at radius 3 is 2.88 bits per heavy atom. The van der Waals surface area contributed by atoms with Crippen LogP contribution >= 0.6 is 0 Å². The molecule has 0 spiro atoms. The number of hydrogen-bond acceptors (Lipinski definition) is 3. The van der Waals surface area contributed by atoms with Gasteiger partial charge in [-0.05, 0) is 44.6 Å². The summed E-state index contributed by atoms with van der Waals surface area (Å²) in [5.41, 5.74) is 0. The molecule has 3 heteroatoms. The molecule has 0 amide bonds. The van der Waals surface area contributed by atoms with Crippen LogP contribution < -0.4 is 10.6 Å². The Morgan fingerprint density at radius 2 is 2.12 bits per heavy atom. The quantitative estimate of drug-likeness (QED) is 0.769. The first kappa shape index (κ1) is 11.9. The van der Waals surface area contributed by atoms with E-state index < -0.39 is 0 Å². The predicted molar refractivity (Wildman–Crippen MR) is 71.2 cm³/mol. The highest BCUT2D eigenvalue weighted by molar-refractivity contribution is 4.92. The van der Waals surface area contributed by atoms with E-state index in [-0.39, 0.29) is 0 Å². The smallest absolute Gasteiger partial charge is 0.0207 e. The fourth-order valence-corrected chi connectivity index (χ4v) is 3.41. The molecule has 98 valence electrons. The zero-order chi connectivity index (χ0) is 11.7. The maximum absolute atomic E-state index is 3.78. The Hall–Kier alpha value is -0.120. The highest BCUT2D eigenvalue weighted by Crippen LogP contribution is 2.29. The molecule has 0 bridgehead atoms. The highest BCUT2D eigenvalue weighted by atomic mass is 15.2. The lowest BCUT2D eigenvalue weighted by Gasteiger charge is -2.29. The molecule has 2 aliphatic heterocycles. The zero-order valence-electron chi connectivity index (χ0n) is 11.1. The summed E-state index contributed by atoms with van der Waals surface area (Å²) in [6.07, 6.45) is 6.98. The third-order valence-corrected chi connectivity index (χ3v) is 4.69. The molecule has 2 N–H and O–H groups in total. The average molecular weight is 237 g/mol. The van der Waals surface area contributed by atoms with Gasteiger partial charge < -0.3 is 10.6 Å². The van der Waals surface area contributed by atoms with E-state index in [1.165, 1.54) is 58.3 Å². The van der Waals surface area contributed by atoms with E-state index in [1.807, 2.05) is 0 Å². The molecule has 3 rings (SSSR count). The predicted octanol–water partition coefficient (Wildman–Crippen LogP) is 1.20. The van der Waals surface area contributed by atoms with Crippen molar-refractivity contribution in [2.75, 3.05) is 26.2 Å². The molecule has 0 radical (unpaired) electrons. The number of nitrogens with one attached hydrogen (secondary N) is 2. The van der Waals surface area contributed by atoms with Crippen LogP contribution in [0.1, 0.15) is 39.0 Å². The fourth-order valence-electron chi connectivity index (χ4n) is 3.41. The van der Waals surface area contributed by atoms with Gasteiger partial charge >= 0.3 is 0 Å². The van der Waals surface area contributed by atoms with Crippen LogP contribution in [-0.4, -0.2) is 49.2 Å². The van der Waals surface area contributed by atoms with Crippen LogP contribution in [0.3, 0.4) is 0 Å². The standard InChI is InChI=1S/C14H27N3/c1-11-4-6-15-13(8-11)9-16-12-5-7-17(10-12)14-2-3-14/h11-16H,2-10H2,1H3. The molecule has 3 aliphatic rings. The van der Waals surface area contributed by atoms with Crippen molar-refractivity contribution in [1.82, 2.24) is 15.5 Å². The topological polar surface area (TPSA) is 27.3 Å². The summed E-state index contributed by atoms with van der Waals surface area (Å²) in [5, 5.41) is 7.42. The lowest BCUT2D eigenvalue weighted by Crippen LogP contribution is -2.47. The summed E-state index contributed by atoms with van der Waals surface area (Å²) < 4.78 is 0. The number of piperidine rings is 1. The Kier molecular flexibility index (Phi) is 3.69. The lowest BCUT2D eigenvalue weighted by molar-refractivity contribution is 0.292. The molecule has 2 saturated heterocycles. The number of rotatable bonds is 4. The van der Waals surface area contributed by atoms with E-state index >= 15 is 0 Å². The number of likely N-dealkylation sites (tertiary alicyclic amines) is 1. The molecule has 1 aliphatic carbocycles. The van der Waals surface area contributed by atoms with Crippen LogP contribution in [0.25, 0.3) is 0 Å². The van der Waals surface area contributed by atoms with Crippen LogP contribution in [0.2, 0.25) is 0 Å². The summed E-state index contributed by atoms with van der Waals surface area (Å²) in [5.74, 6) is 0.912. The Balaban J connectivity index is 1.36. The van der Waals surface area contributed by atoms with Crippen molar-refractivity contribution in [2.45, 2.75) is 57.2 Å². The first-order valence-electron chi connectivity index (χ1n) is 7.52. The van der Waals surface area contributed by atoms with Gasteiger partial charge in [0.25, 0.3) is 0 Å². The van der Waals surface area contributed by atoms with Gasteiger partial charge in [-0.2, -0.15) is 0 Å². The SMILES string of the molecule is CC1CCNC(CNC2CCN(C3CC3)C2)C1. The molecule has 2 heterocycles. The first-order chi connectivity index (χ1) is 8.31. The monoisotopic (exact) mass is 237 g/mol. The molecule has 3 nitrogen and oxygen atoms in total. The van der Waals surface area contributed by atoms with Crippen LogP contribution in [0.4, 0.5) is 0 Å². The van der Waals surface area contributed by atoms with Gasteiger partial charge in [-0.3, -0.25) is 4.90 Å². The van der Waals surface area contributed by atoms with Crippen molar-refractivity contribution < 1.29 is 0 Å². The fraction of sp³-hybridized carbons (Fsp3) is 1.00. The molecule has 0 aromatic rings. The van der Waals surface area contributed by atoms with Crippen LogP contribution in [0.5, 0.6) is 0 Å². The highest BCUT2D eigenvalue weighted by Gasteiger charge is 2.34. The second kappa shape index (κ2) is 5.25. The Bertz CT molecular complexity index is 252. The van der Waals surface area contributed by atoms with Gasteiger partial charge in [-0.15, -0.1) is 0 Å². The van der Waals surface area contributed by atoms with Crippen LogP contribution in [0, 0.1) is 5.92 Å². The minimum atomic E-state index is 0.716. The normalized spacial score (nSPS) is 39.7.